The van der Waals surface area contributed by atoms with Gasteiger partial charge in [0.1, 0.15) is 0 Å². The van der Waals surface area contributed by atoms with Crippen LogP contribution in [0, 0.1) is 0 Å². The first-order valence-electron chi connectivity index (χ1n) is 11.0. The fraction of sp³-hybridized carbons (Fsp3) is 0.385. The van der Waals surface area contributed by atoms with Crippen molar-refractivity contribution in [1.29, 1.82) is 0 Å². The first-order chi connectivity index (χ1) is 15.3. The molecule has 1 N–H and O–H groups in total. The summed E-state index contributed by atoms with van der Waals surface area (Å²) in [5.41, 5.74) is 5.26. The number of esters is 1. The summed E-state index contributed by atoms with van der Waals surface area (Å²) >= 11 is 1.57. The Morgan fingerprint density at radius 2 is 1.88 bits per heavy atom. The van der Waals surface area contributed by atoms with E-state index in [-0.39, 0.29) is 29.7 Å². The predicted molar refractivity (Wildman–Crippen MR) is 129 cm³/mol. The van der Waals surface area contributed by atoms with Gasteiger partial charge in [0.2, 0.25) is 0 Å². The van der Waals surface area contributed by atoms with E-state index in [2.05, 4.69) is 34.5 Å². The van der Waals surface area contributed by atoms with Gasteiger partial charge in [0.05, 0.1) is 17.6 Å². The highest BCUT2D eigenvalue weighted by molar-refractivity contribution is 7.10. The number of dihydropyridines is 1. The zero-order chi connectivity index (χ0) is 23.0. The van der Waals surface area contributed by atoms with Crippen LogP contribution in [0.15, 0.2) is 64.3 Å². The van der Waals surface area contributed by atoms with Crippen LogP contribution in [0.5, 0.6) is 0 Å². The highest BCUT2D eigenvalue weighted by Gasteiger charge is 2.42. The van der Waals surface area contributed by atoms with E-state index in [0.717, 1.165) is 39.5 Å². The van der Waals surface area contributed by atoms with Gasteiger partial charge in [-0.05, 0) is 62.3 Å². The van der Waals surface area contributed by atoms with Crippen LogP contribution in [0.2, 0.25) is 0 Å². The second-order valence-corrected chi connectivity index (χ2v) is 9.95. The van der Waals surface area contributed by atoms with E-state index >= 15 is 0 Å². The lowest BCUT2D eigenvalue weighted by Crippen LogP contribution is -2.36. The molecule has 1 aliphatic carbocycles. The van der Waals surface area contributed by atoms with E-state index in [0.29, 0.717) is 12.0 Å². The summed E-state index contributed by atoms with van der Waals surface area (Å²) in [6.07, 6.45) is 0.961. The van der Waals surface area contributed by atoms with Crippen molar-refractivity contribution < 1.29 is 14.3 Å². The lowest BCUT2D eigenvalue weighted by molar-refractivity contribution is -0.143. The summed E-state index contributed by atoms with van der Waals surface area (Å²) in [5.74, 6) is -0.515. The maximum absolute atomic E-state index is 13.5. The van der Waals surface area contributed by atoms with Crippen LogP contribution in [-0.4, -0.2) is 32.0 Å². The molecule has 6 heteroatoms. The lowest BCUT2D eigenvalue weighted by atomic mass is 9.73. The number of rotatable bonds is 5. The van der Waals surface area contributed by atoms with Crippen molar-refractivity contribution in [3.63, 3.8) is 0 Å². The van der Waals surface area contributed by atoms with Gasteiger partial charge in [-0.3, -0.25) is 4.79 Å². The van der Waals surface area contributed by atoms with Crippen LogP contribution in [0.4, 0.5) is 5.69 Å². The molecule has 1 aromatic carbocycles. The minimum absolute atomic E-state index is 0.0983. The lowest BCUT2D eigenvalue weighted by Gasteiger charge is -2.36. The first kappa shape index (κ1) is 22.3. The molecular formula is C26H30N2O3S. The summed E-state index contributed by atoms with van der Waals surface area (Å²) in [6, 6.07) is 12.4. The third-order valence-electron chi connectivity index (χ3n) is 6.10. The molecule has 2 atom stereocenters. The van der Waals surface area contributed by atoms with Gasteiger partial charge >= 0.3 is 5.97 Å². The van der Waals surface area contributed by atoms with E-state index in [4.69, 9.17) is 4.74 Å². The maximum Gasteiger partial charge on any atom is 0.337 e. The van der Waals surface area contributed by atoms with Gasteiger partial charge in [-0.2, -0.15) is 0 Å². The number of carbonyl (C=O) groups is 2. The topological polar surface area (TPSA) is 58.6 Å². The molecule has 0 unspecified atom stereocenters. The molecule has 1 aliphatic heterocycles. The average Bonchev–Trinajstić information content (AvgIpc) is 3.26. The minimum Gasteiger partial charge on any atom is -0.460 e. The number of hydrogen-bond acceptors (Lipinski definition) is 6. The Kier molecular flexibility index (Phi) is 6.24. The molecule has 0 saturated carbocycles. The minimum atomic E-state index is -0.373. The Bertz CT molecular complexity index is 1080. The van der Waals surface area contributed by atoms with E-state index in [1.165, 1.54) is 0 Å². The summed E-state index contributed by atoms with van der Waals surface area (Å²) in [5, 5.41) is 5.40. The van der Waals surface area contributed by atoms with Crippen LogP contribution < -0.4 is 10.2 Å². The Morgan fingerprint density at radius 1 is 1.16 bits per heavy atom. The van der Waals surface area contributed by atoms with Gasteiger partial charge in [-0.1, -0.05) is 18.2 Å². The molecule has 2 heterocycles. The van der Waals surface area contributed by atoms with Gasteiger partial charge in [0.25, 0.3) is 0 Å². The summed E-state index contributed by atoms with van der Waals surface area (Å²) < 4.78 is 5.55. The molecule has 2 aliphatic rings. The van der Waals surface area contributed by atoms with Crippen LogP contribution in [0.3, 0.4) is 0 Å². The highest BCUT2D eigenvalue weighted by atomic mass is 32.1. The van der Waals surface area contributed by atoms with E-state index in [1.54, 1.807) is 11.3 Å². The molecular weight excluding hydrogens is 420 g/mol. The number of ether oxygens (including phenoxy) is 1. The number of Topliss-reactive ketones (excluding diaryl/α,β-unsaturated/α-hetero) is 1. The van der Waals surface area contributed by atoms with Crippen LogP contribution in [0.1, 0.15) is 55.9 Å². The maximum atomic E-state index is 13.5. The fourth-order valence-corrected chi connectivity index (χ4v) is 5.45. The zero-order valence-corrected chi connectivity index (χ0v) is 20.1. The third kappa shape index (κ3) is 4.24. The van der Waals surface area contributed by atoms with Gasteiger partial charge in [0.15, 0.2) is 5.78 Å². The highest BCUT2D eigenvalue weighted by Crippen LogP contribution is 2.46. The summed E-state index contributed by atoms with van der Waals surface area (Å²) in [4.78, 5) is 29.6. The molecule has 32 heavy (non-hydrogen) atoms. The zero-order valence-electron chi connectivity index (χ0n) is 19.3. The van der Waals surface area contributed by atoms with Crippen molar-refractivity contribution in [2.75, 3.05) is 19.0 Å². The summed E-state index contributed by atoms with van der Waals surface area (Å²) in [6.45, 7) is 5.58. The van der Waals surface area contributed by atoms with Crippen molar-refractivity contribution >= 4 is 28.8 Å². The van der Waals surface area contributed by atoms with Crippen LogP contribution in [0.25, 0.3) is 0 Å². The van der Waals surface area contributed by atoms with Crippen molar-refractivity contribution in [3.05, 3.63) is 74.8 Å². The molecule has 168 valence electrons. The number of nitrogens with one attached hydrogen (secondary N) is 1. The first-order valence-corrected chi connectivity index (χ1v) is 11.9. The molecule has 1 aromatic heterocycles. The molecule has 0 bridgehead atoms. The SMILES string of the molecule is CC1=C(C(=O)OC(C)C)[C@H](c2cccs2)C2=C(C[C@@H](c3ccc(N(C)C)cc3)CC2=O)N1. The fourth-order valence-electron chi connectivity index (χ4n) is 4.61. The van der Waals surface area contributed by atoms with E-state index < -0.39 is 0 Å². The van der Waals surface area contributed by atoms with Crippen LogP contribution in [-0.2, 0) is 14.3 Å². The molecule has 0 spiro atoms. The van der Waals surface area contributed by atoms with Gasteiger partial charge in [0, 0.05) is 48.0 Å². The second-order valence-electron chi connectivity index (χ2n) is 8.97. The number of hydrogen-bond donors (Lipinski definition) is 1. The largest absolute Gasteiger partial charge is 0.460 e. The van der Waals surface area contributed by atoms with Crippen LogP contribution >= 0.6 is 11.3 Å². The third-order valence-corrected chi connectivity index (χ3v) is 7.04. The number of nitrogens with zero attached hydrogens (tertiary/aromatic N) is 1. The number of ketones is 1. The van der Waals surface area contributed by atoms with Gasteiger partial charge in [-0.25, -0.2) is 4.79 Å². The van der Waals surface area contributed by atoms with Gasteiger partial charge < -0.3 is 15.0 Å². The molecule has 0 saturated heterocycles. The van der Waals surface area contributed by atoms with Crippen molar-refractivity contribution in [1.82, 2.24) is 5.32 Å². The molecule has 0 amide bonds. The summed E-state index contributed by atoms with van der Waals surface area (Å²) in [7, 11) is 4.04. The van der Waals surface area contributed by atoms with E-state index in [1.807, 2.05) is 52.4 Å². The molecule has 4 rings (SSSR count). The number of allylic oxidation sites excluding steroid dienone is 3. The monoisotopic (exact) mass is 450 g/mol. The van der Waals surface area contributed by atoms with Crippen molar-refractivity contribution in [3.8, 4) is 0 Å². The number of carbonyl (C=O) groups excluding carboxylic acids is 2. The number of anilines is 1. The normalized spacial score (nSPS) is 20.9. The number of thiophene rings is 1. The number of benzene rings is 1. The Hall–Kier alpha value is -2.86. The Balaban J connectivity index is 1.71. The standard InChI is InChI=1S/C26H30N2O3S/c1-15(2)31-26(30)23-16(3)27-20-13-18(17-8-10-19(11-9-17)28(4)5)14-21(29)24(20)25(23)22-7-6-12-32-22/h6-12,15,18,25,27H,13-14H2,1-5H3/t18-,25+/m1/s1. The molecule has 2 aromatic rings. The average molecular weight is 451 g/mol. The van der Waals surface area contributed by atoms with Gasteiger partial charge in [-0.15, -0.1) is 11.3 Å². The second kappa shape index (κ2) is 8.94. The van der Waals surface area contributed by atoms with Crippen molar-refractivity contribution in [2.24, 2.45) is 0 Å². The quantitative estimate of drug-likeness (QED) is 0.640. The molecule has 5 nitrogen and oxygen atoms in total. The molecule has 0 fully saturated rings. The Labute approximate surface area is 193 Å². The van der Waals surface area contributed by atoms with Crippen molar-refractivity contribution in [2.45, 2.75) is 51.6 Å². The van der Waals surface area contributed by atoms with E-state index in [9.17, 15) is 9.59 Å². The molecule has 0 radical (unpaired) electrons. The predicted octanol–water partition coefficient (Wildman–Crippen LogP) is 5.13. The Morgan fingerprint density at radius 3 is 2.47 bits per heavy atom. The smallest absolute Gasteiger partial charge is 0.337 e.